The fourth-order valence-corrected chi connectivity index (χ4v) is 1.51. The van der Waals surface area contributed by atoms with Crippen molar-refractivity contribution in [1.82, 2.24) is 10.2 Å². The van der Waals surface area contributed by atoms with E-state index in [4.69, 9.17) is 0 Å². The molecule has 98 valence electrons. The van der Waals surface area contributed by atoms with Crippen molar-refractivity contribution in [2.24, 2.45) is 0 Å². The molecule has 18 heavy (non-hydrogen) atoms. The molecule has 3 heteroatoms. The van der Waals surface area contributed by atoms with Gasteiger partial charge in [0.25, 0.3) is 0 Å². The summed E-state index contributed by atoms with van der Waals surface area (Å²) in [6.45, 7) is 3.49. The minimum atomic E-state index is -0.0450. The number of nitrogens with one attached hydrogen (secondary N) is 1. The van der Waals surface area contributed by atoms with Crippen LogP contribution in [0.15, 0.2) is 36.4 Å². The molecule has 0 aliphatic heterocycles. The van der Waals surface area contributed by atoms with Gasteiger partial charge in [-0.1, -0.05) is 37.3 Å². The van der Waals surface area contributed by atoms with E-state index in [1.807, 2.05) is 25.1 Å². The molecular weight excluding hydrogens is 224 g/mol. The second-order valence-corrected chi connectivity index (χ2v) is 4.55. The number of nitrogens with zero attached hydrogens (tertiary/aromatic N) is 1. The van der Waals surface area contributed by atoms with Crippen molar-refractivity contribution >= 4 is 5.91 Å². The van der Waals surface area contributed by atoms with Crippen LogP contribution in [0.25, 0.3) is 0 Å². The second-order valence-electron chi connectivity index (χ2n) is 4.55. The summed E-state index contributed by atoms with van der Waals surface area (Å²) in [5.74, 6) is -0.0450. The third-order valence-electron chi connectivity index (χ3n) is 2.64. The van der Waals surface area contributed by atoms with Crippen molar-refractivity contribution in [2.45, 2.75) is 19.9 Å². The summed E-state index contributed by atoms with van der Waals surface area (Å²) in [5, 5.41) is 2.87. The molecule has 1 aromatic carbocycles. The maximum absolute atomic E-state index is 11.5. The Balaban J connectivity index is 2.35. The summed E-state index contributed by atoms with van der Waals surface area (Å²) in [5.41, 5.74) is 2.44. The molecule has 0 unspecified atom stereocenters. The molecule has 0 aromatic heterocycles. The predicted molar refractivity (Wildman–Crippen MR) is 75.4 cm³/mol. The molecule has 1 amide bonds. The second kappa shape index (κ2) is 7.67. The van der Waals surface area contributed by atoms with E-state index in [1.165, 1.54) is 5.56 Å². The number of benzene rings is 1. The largest absolute Gasteiger partial charge is 0.348 e. The lowest BCUT2D eigenvalue weighted by molar-refractivity contribution is -0.116. The Labute approximate surface area is 109 Å². The van der Waals surface area contributed by atoms with Gasteiger partial charge in [0.1, 0.15) is 0 Å². The first-order valence-corrected chi connectivity index (χ1v) is 6.28. The van der Waals surface area contributed by atoms with Crippen LogP contribution in [0, 0.1) is 0 Å². The first kappa shape index (κ1) is 14.5. The highest BCUT2D eigenvalue weighted by molar-refractivity contribution is 5.87. The molecule has 0 aliphatic rings. The lowest BCUT2D eigenvalue weighted by atomic mass is 10.1. The molecule has 1 N–H and O–H groups in total. The van der Waals surface area contributed by atoms with Crippen molar-refractivity contribution in [3.8, 4) is 0 Å². The molecule has 0 aliphatic carbocycles. The Morgan fingerprint density at radius 1 is 1.22 bits per heavy atom. The van der Waals surface area contributed by atoms with E-state index in [1.54, 1.807) is 6.08 Å². The van der Waals surface area contributed by atoms with Crippen LogP contribution in [0.5, 0.6) is 0 Å². The van der Waals surface area contributed by atoms with Crippen LogP contribution in [0.1, 0.15) is 18.1 Å². The highest BCUT2D eigenvalue weighted by Crippen LogP contribution is 2.04. The quantitative estimate of drug-likeness (QED) is 0.778. The van der Waals surface area contributed by atoms with Crippen LogP contribution in [0.3, 0.4) is 0 Å². The van der Waals surface area contributed by atoms with Crippen LogP contribution in [-0.2, 0) is 17.8 Å². The maximum atomic E-state index is 11.5. The van der Waals surface area contributed by atoms with Crippen molar-refractivity contribution < 1.29 is 4.79 Å². The average Bonchev–Trinajstić information content (AvgIpc) is 2.36. The van der Waals surface area contributed by atoms with Crippen LogP contribution in [-0.4, -0.2) is 31.4 Å². The van der Waals surface area contributed by atoms with Gasteiger partial charge < -0.3 is 10.2 Å². The lowest BCUT2D eigenvalue weighted by Crippen LogP contribution is -2.21. The number of hydrogen-bond acceptors (Lipinski definition) is 2. The number of rotatable bonds is 6. The minimum absolute atomic E-state index is 0.0450. The summed E-state index contributed by atoms with van der Waals surface area (Å²) in [7, 11) is 3.94. The molecule has 0 radical (unpaired) electrons. The van der Waals surface area contributed by atoms with Crippen molar-refractivity contribution in [1.29, 1.82) is 0 Å². The predicted octanol–water partition coefficient (Wildman–Crippen LogP) is 1.98. The Kier molecular flexibility index (Phi) is 6.15. The third-order valence-corrected chi connectivity index (χ3v) is 2.64. The van der Waals surface area contributed by atoms with Gasteiger partial charge in [-0.3, -0.25) is 4.79 Å². The fraction of sp³-hybridized carbons (Fsp3) is 0.400. The van der Waals surface area contributed by atoms with Gasteiger partial charge in [-0.25, -0.2) is 0 Å². The van der Waals surface area contributed by atoms with E-state index < -0.39 is 0 Å². The normalized spacial score (nSPS) is 11.1. The van der Waals surface area contributed by atoms with Crippen LogP contribution in [0.2, 0.25) is 0 Å². The van der Waals surface area contributed by atoms with Crippen molar-refractivity contribution in [3.05, 3.63) is 47.5 Å². The molecule has 0 spiro atoms. The zero-order chi connectivity index (χ0) is 13.4. The van der Waals surface area contributed by atoms with Gasteiger partial charge in [-0.15, -0.1) is 0 Å². The Morgan fingerprint density at radius 3 is 2.39 bits per heavy atom. The van der Waals surface area contributed by atoms with Gasteiger partial charge in [0, 0.05) is 19.2 Å². The van der Waals surface area contributed by atoms with Crippen LogP contribution in [0.4, 0.5) is 0 Å². The SMILES string of the molecule is CCc1ccc(CNC(=O)/C=C/CN(C)C)cc1. The van der Waals surface area contributed by atoms with Gasteiger partial charge in [0.15, 0.2) is 0 Å². The molecule has 0 atom stereocenters. The molecule has 0 heterocycles. The molecule has 0 bridgehead atoms. The van der Waals surface area contributed by atoms with E-state index in [9.17, 15) is 4.79 Å². The number of likely N-dealkylation sites (N-methyl/N-ethyl adjacent to an activating group) is 1. The molecule has 0 saturated carbocycles. The van der Waals surface area contributed by atoms with E-state index in [2.05, 4.69) is 36.5 Å². The standard InChI is InChI=1S/C15H22N2O/c1-4-13-7-9-14(10-8-13)12-16-15(18)6-5-11-17(2)3/h5-10H,4,11-12H2,1-3H3,(H,16,18)/b6-5+. The van der Waals surface area contributed by atoms with Gasteiger partial charge in [0.2, 0.25) is 5.91 Å². The highest BCUT2D eigenvalue weighted by Gasteiger charge is 1.97. The molecule has 1 aromatic rings. The number of carbonyl (C=O) groups excluding carboxylic acids is 1. The van der Waals surface area contributed by atoms with E-state index >= 15 is 0 Å². The van der Waals surface area contributed by atoms with E-state index in [0.717, 1.165) is 18.5 Å². The zero-order valence-corrected chi connectivity index (χ0v) is 11.4. The van der Waals surface area contributed by atoms with Gasteiger partial charge in [-0.2, -0.15) is 0 Å². The molecule has 3 nitrogen and oxygen atoms in total. The molecule has 1 rings (SSSR count). The maximum Gasteiger partial charge on any atom is 0.243 e. The van der Waals surface area contributed by atoms with Crippen LogP contribution < -0.4 is 5.32 Å². The van der Waals surface area contributed by atoms with Gasteiger partial charge >= 0.3 is 0 Å². The van der Waals surface area contributed by atoms with Crippen LogP contribution >= 0.6 is 0 Å². The summed E-state index contributed by atoms with van der Waals surface area (Å²) in [6.07, 6.45) is 4.48. The smallest absolute Gasteiger partial charge is 0.243 e. The summed E-state index contributed by atoms with van der Waals surface area (Å²) >= 11 is 0. The van der Waals surface area contributed by atoms with E-state index in [-0.39, 0.29) is 5.91 Å². The first-order chi connectivity index (χ1) is 8.61. The van der Waals surface area contributed by atoms with E-state index in [0.29, 0.717) is 6.54 Å². The lowest BCUT2D eigenvalue weighted by Gasteiger charge is -2.05. The zero-order valence-electron chi connectivity index (χ0n) is 11.4. The number of amides is 1. The first-order valence-electron chi connectivity index (χ1n) is 6.28. The Hall–Kier alpha value is -1.61. The molecule has 0 saturated heterocycles. The third kappa shape index (κ3) is 5.64. The summed E-state index contributed by atoms with van der Waals surface area (Å²) in [6, 6.07) is 8.32. The molecular formula is C15H22N2O. The fourth-order valence-electron chi connectivity index (χ4n) is 1.51. The Morgan fingerprint density at radius 2 is 1.83 bits per heavy atom. The summed E-state index contributed by atoms with van der Waals surface area (Å²) in [4.78, 5) is 13.5. The highest BCUT2D eigenvalue weighted by atomic mass is 16.1. The van der Waals surface area contributed by atoms with Crippen molar-refractivity contribution in [2.75, 3.05) is 20.6 Å². The number of carbonyl (C=O) groups is 1. The average molecular weight is 246 g/mol. The number of aryl methyl sites for hydroxylation is 1. The van der Waals surface area contributed by atoms with Crippen molar-refractivity contribution in [3.63, 3.8) is 0 Å². The summed E-state index contributed by atoms with van der Waals surface area (Å²) < 4.78 is 0. The topological polar surface area (TPSA) is 32.3 Å². The van der Waals surface area contributed by atoms with Gasteiger partial charge in [-0.05, 0) is 31.6 Å². The van der Waals surface area contributed by atoms with Gasteiger partial charge in [0.05, 0.1) is 0 Å². The minimum Gasteiger partial charge on any atom is -0.348 e. The Bertz CT molecular complexity index is 393. The molecule has 0 fully saturated rings. The monoisotopic (exact) mass is 246 g/mol. The number of hydrogen-bond donors (Lipinski definition) is 1.